The number of aromatic nitrogens is 3. The minimum absolute atomic E-state index is 0.148. The number of hydrogen-bond donors (Lipinski definition) is 1. The lowest BCUT2D eigenvalue weighted by atomic mass is 10.0. The number of aliphatic carboxylic acids is 1. The molecule has 26 heavy (non-hydrogen) atoms. The Balaban J connectivity index is 2.12. The van der Waals surface area contributed by atoms with E-state index in [0.29, 0.717) is 16.4 Å². The van der Waals surface area contributed by atoms with Gasteiger partial charge >= 0.3 is 5.97 Å². The van der Waals surface area contributed by atoms with E-state index in [-0.39, 0.29) is 17.4 Å². The van der Waals surface area contributed by atoms with Crippen LogP contribution in [0.5, 0.6) is 0 Å². The van der Waals surface area contributed by atoms with E-state index in [2.05, 4.69) is 9.97 Å². The molecule has 0 amide bonds. The predicted octanol–water partition coefficient (Wildman–Crippen LogP) is 2.84. The number of carboxylic acid groups (broad SMARTS) is 1. The molecule has 0 aliphatic carbocycles. The van der Waals surface area contributed by atoms with E-state index in [1.54, 1.807) is 30.6 Å². The second kappa shape index (κ2) is 6.03. The zero-order valence-corrected chi connectivity index (χ0v) is 13.4. The Hall–Kier alpha value is -3.61. The van der Waals surface area contributed by atoms with Gasteiger partial charge in [-0.25, -0.2) is 14.4 Å². The molecule has 0 aliphatic rings. The highest BCUT2D eigenvalue weighted by molar-refractivity contribution is 5.96. The fourth-order valence-corrected chi connectivity index (χ4v) is 3.08. The van der Waals surface area contributed by atoms with Crippen LogP contribution in [0.3, 0.4) is 0 Å². The van der Waals surface area contributed by atoms with Crippen molar-refractivity contribution in [1.82, 2.24) is 14.5 Å². The van der Waals surface area contributed by atoms with Gasteiger partial charge in [0, 0.05) is 28.7 Å². The molecule has 2 aromatic carbocycles. The molecule has 0 bridgehead atoms. The minimum Gasteiger partial charge on any atom is -0.480 e. The number of nitrogens with zero attached hydrogens (tertiary/aromatic N) is 3. The van der Waals surface area contributed by atoms with Crippen LogP contribution in [0.25, 0.3) is 32.9 Å². The maximum Gasteiger partial charge on any atom is 0.323 e. The molecule has 2 heterocycles. The van der Waals surface area contributed by atoms with Crippen LogP contribution in [0.2, 0.25) is 0 Å². The van der Waals surface area contributed by atoms with Crippen molar-refractivity contribution in [3.05, 3.63) is 71.2 Å². The fraction of sp³-hybridized carbons (Fsp3) is 0.0526. The van der Waals surface area contributed by atoms with Crippen LogP contribution in [0.1, 0.15) is 0 Å². The number of carboxylic acids is 1. The van der Waals surface area contributed by atoms with Crippen molar-refractivity contribution in [2.24, 2.45) is 0 Å². The second-order valence-corrected chi connectivity index (χ2v) is 5.83. The number of carbonyl (C=O) groups is 1. The lowest BCUT2D eigenvalue weighted by Crippen LogP contribution is -2.16. The van der Waals surface area contributed by atoms with Crippen molar-refractivity contribution in [2.45, 2.75) is 6.54 Å². The highest BCUT2D eigenvalue weighted by atomic mass is 19.1. The van der Waals surface area contributed by atoms with Crippen LogP contribution >= 0.6 is 0 Å². The molecule has 0 fully saturated rings. The summed E-state index contributed by atoms with van der Waals surface area (Å²) in [5.41, 5.74) is 1.97. The van der Waals surface area contributed by atoms with Gasteiger partial charge in [0.2, 0.25) is 0 Å². The number of fused-ring (bicyclic) bond motifs is 2. The monoisotopic (exact) mass is 349 g/mol. The summed E-state index contributed by atoms with van der Waals surface area (Å²) in [4.78, 5) is 32.1. The average Bonchev–Trinajstić information content (AvgIpc) is 2.65. The average molecular weight is 349 g/mol. The maximum absolute atomic E-state index is 13.6. The van der Waals surface area contributed by atoms with Gasteiger partial charge in [0.05, 0.1) is 11.0 Å². The van der Waals surface area contributed by atoms with Crippen LogP contribution < -0.4 is 5.43 Å². The van der Waals surface area contributed by atoms with E-state index in [4.69, 9.17) is 0 Å². The predicted molar refractivity (Wildman–Crippen MR) is 94.3 cm³/mol. The SMILES string of the molecule is O=C(O)Cn1c2ccc(F)cc2c(=O)c2ccc(-c3cncnc3)cc21. The Bertz CT molecular complexity index is 1220. The Labute approximate surface area is 146 Å². The minimum atomic E-state index is -1.06. The summed E-state index contributed by atoms with van der Waals surface area (Å²) in [5, 5.41) is 9.77. The Kier molecular flexibility index (Phi) is 3.69. The van der Waals surface area contributed by atoms with Gasteiger partial charge in [-0.15, -0.1) is 0 Å². The first kappa shape index (κ1) is 15.9. The van der Waals surface area contributed by atoms with Gasteiger partial charge in [-0.1, -0.05) is 6.07 Å². The Morgan fingerprint density at radius 2 is 1.77 bits per heavy atom. The van der Waals surface area contributed by atoms with Crippen LogP contribution in [0, 0.1) is 5.82 Å². The molecule has 1 N–H and O–H groups in total. The molecule has 4 aromatic rings. The summed E-state index contributed by atoms with van der Waals surface area (Å²) >= 11 is 0. The molecular formula is C19H12FN3O3. The third-order valence-electron chi connectivity index (χ3n) is 4.21. The van der Waals surface area contributed by atoms with Crippen LogP contribution in [-0.4, -0.2) is 25.6 Å². The number of halogens is 1. The largest absolute Gasteiger partial charge is 0.480 e. The van der Waals surface area contributed by atoms with E-state index < -0.39 is 11.8 Å². The van der Waals surface area contributed by atoms with Crippen molar-refractivity contribution in [3.63, 3.8) is 0 Å². The number of benzene rings is 2. The zero-order valence-electron chi connectivity index (χ0n) is 13.4. The van der Waals surface area contributed by atoms with Gasteiger partial charge in [-0.3, -0.25) is 9.59 Å². The summed E-state index contributed by atoms with van der Waals surface area (Å²) in [5.74, 6) is -1.61. The van der Waals surface area contributed by atoms with Crippen molar-refractivity contribution >= 4 is 27.8 Å². The van der Waals surface area contributed by atoms with E-state index >= 15 is 0 Å². The number of pyridine rings is 1. The van der Waals surface area contributed by atoms with Crippen molar-refractivity contribution in [1.29, 1.82) is 0 Å². The van der Waals surface area contributed by atoms with E-state index in [9.17, 15) is 19.1 Å². The van der Waals surface area contributed by atoms with E-state index in [1.807, 2.05) is 0 Å². The molecular weight excluding hydrogens is 337 g/mol. The smallest absolute Gasteiger partial charge is 0.323 e. The van der Waals surface area contributed by atoms with Crippen molar-refractivity contribution in [3.8, 4) is 11.1 Å². The highest BCUT2D eigenvalue weighted by Crippen LogP contribution is 2.25. The molecule has 4 rings (SSSR count). The molecule has 0 aliphatic heterocycles. The Morgan fingerprint density at radius 3 is 2.50 bits per heavy atom. The van der Waals surface area contributed by atoms with Gasteiger partial charge in [-0.2, -0.15) is 0 Å². The number of rotatable bonds is 3. The first-order valence-electron chi connectivity index (χ1n) is 7.77. The molecule has 0 saturated heterocycles. The van der Waals surface area contributed by atoms with Crippen LogP contribution in [0.15, 0.2) is 59.9 Å². The summed E-state index contributed by atoms with van der Waals surface area (Å²) in [6.45, 7) is -0.354. The van der Waals surface area contributed by atoms with Crippen molar-refractivity contribution < 1.29 is 14.3 Å². The molecule has 7 heteroatoms. The summed E-state index contributed by atoms with van der Waals surface area (Å²) in [6.07, 6.45) is 4.67. The zero-order chi connectivity index (χ0) is 18.3. The van der Waals surface area contributed by atoms with Crippen molar-refractivity contribution in [2.75, 3.05) is 0 Å². The molecule has 0 spiro atoms. The van der Waals surface area contributed by atoms with Gasteiger partial charge < -0.3 is 9.67 Å². The molecule has 0 radical (unpaired) electrons. The van der Waals surface area contributed by atoms with Gasteiger partial charge in [0.1, 0.15) is 18.7 Å². The molecule has 0 saturated carbocycles. The second-order valence-electron chi connectivity index (χ2n) is 5.83. The summed E-state index contributed by atoms with van der Waals surface area (Å²) < 4.78 is 15.1. The highest BCUT2D eigenvalue weighted by Gasteiger charge is 2.14. The van der Waals surface area contributed by atoms with Gasteiger partial charge in [0.15, 0.2) is 5.43 Å². The first-order valence-corrected chi connectivity index (χ1v) is 7.77. The van der Waals surface area contributed by atoms with E-state index in [0.717, 1.165) is 17.2 Å². The molecule has 128 valence electrons. The molecule has 0 atom stereocenters. The van der Waals surface area contributed by atoms with Crippen LogP contribution in [0.4, 0.5) is 4.39 Å². The summed E-state index contributed by atoms with van der Waals surface area (Å²) in [6, 6.07) is 8.84. The molecule has 0 unspecified atom stereocenters. The topological polar surface area (TPSA) is 85.1 Å². The molecule has 2 aromatic heterocycles. The Morgan fingerprint density at radius 1 is 1.00 bits per heavy atom. The maximum atomic E-state index is 13.6. The third-order valence-corrected chi connectivity index (χ3v) is 4.21. The standard InChI is InChI=1S/C19H12FN3O3/c20-13-2-4-16-15(6-13)19(26)14-3-1-11(12-7-21-10-22-8-12)5-17(14)23(16)9-18(24)25/h1-8,10H,9H2,(H,24,25). The van der Waals surface area contributed by atoms with E-state index in [1.165, 1.54) is 23.0 Å². The van der Waals surface area contributed by atoms with Gasteiger partial charge in [0.25, 0.3) is 0 Å². The lowest BCUT2D eigenvalue weighted by Gasteiger charge is -2.14. The summed E-state index contributed by atoms with van der Waals surface area (Å²) in [7, 11) is 0. The lowest BCUT2D eigenvalue weighted by molar-refractivity contribution is -0.137. The quantitative estimate of drug-likeness (QED) is 0.575. The third kappa shape index (κ3) is 2.59. The number of hydrogen-bond acceptors (Lipinski definition) is 4. The fourth-order valence-electron chi connectivity index (χ4n) is 3.08. The van der Waals surface area contributed by atoms with Gasteiger partial charge in [-0.05, 0) is 35.9 Å². The molecule has 6 nitrogen and oxygen atoms in total. The normalized spacial score (nSPS) is 11.1. The van der Waals surface area contributed by atoms with Crippen LogP contribution in [-0.2, 0) is 11.3 Å². The first-order chi connectivity index (χ1) is 12.5.